The zero-order chi connectivity index (χ0) is 15.5. The topological polar surface area (TPSA) is 104 Å². The summed E-state index contributed by atoms with van der Waals surface area (Å²) in [6.45, 7) is 0.601. The van der Waals surface area contributed by atoms with Crippen molar-refractivity contribution in [2.24, 2.45) is 5.84 Å². The maximum atomic E-state index is 11.6. The second kappa shape index (κ2) is 9.77. The number of unbranched alkanes of at least 4 members (excludes halogenated alkanes) is 2. The van der Waals surface area contributed by atoms with Gasteiger partial charge in [0.15, 0.2) is 0 Å². The van der Waals surface area contributed by atoms with Gasteiger partial charge in [0.1, 0.15) is 5.75 Å². The Kier molecular flexibility index (Phi) is 7.89. The number of hydrogen-bond acceptors (Lipinski definition) is 4. The van der Waals surface area contributed by atoms with Crippen LogP contribution in [0.15, 0.2) is 24.3 Å². The molecular formula is C15H23N3O3. The van der Waals surface area contributed by atoms with Crippen LogP contribution in [0, 0.1) is 0 Å². The van der Waals surface area contributed by atoms with Crippen molar-refractivity contribution in [2.45, 2.75) is 38.5 Å². The Bertz CT molecular complexity index is 463. The molecule has 0 heterocycles. The number of hydrogen-bond donors (Lipinski definition) is 4. The van der Waals surface area contributed by atoms with Crippen LogP contribution >= 0.6 is 0 Å². The smallest absolute Gasteiger partial charge is 0.233 e. The fourth-order valence-electron chi connectivity index (χ4n) is 1.95. The molecule has 0 aliphatic carbocycles. The van der Waals surface area contributed by atoms with Gasteiger partial charge < -0.3 is 10.4 Å². The summed E-state index contributed by atoms with van der Waals surface area (Å²) in [5.41, 5.74) is 2.86. The third kappa shape index (κ3) is 7.31. The van der Waals surface area contributed by atoms with Crippen molar-refractivity contribution in [1.82, 2.24) is 10.7 Å². The van der Waals surface area contributed by atoms with Crippen LogP contribution in [0.25, 0.3) is 0 Å². The molecule has 0 spiro atoms. The minimum absolute atomic E-state index is 0.0297. The number of nitrogens with one attached hydrogen (secondary N) is 2. The number of nitrogens with two attached hydrogens (primary N) is 1. The molecule has 0 aromatic heterocycles. The highest BCUT2D eigenvalue weighted by Crippen LogP contribution is 2.16. The zero-order valence-electron chi connectivity index (χ0n) is 12.1. The normalized spacial score (nSPS) is 10.1. The molecule has 0 saturated carbocycles. The Hall–Kier alpha value is -2.08. The lowest BCUT2D eigenvalue weighted by Gasteiger charge is -2.06. The number of phenolic OH excluding ortho intramolecular Hbond substituents is 1. The van der Waals surface area contributed by atoms with E-state index in [2.05, 4.69) is 10.7 Å². The Morgan fingerprint density at radius 2 is 1.81 bits per heavy atom. The average Bonchev–Trinajstić information content (AvgIpc) is 2.49. The summed E-state index contributed by atoms with van der Waals surface area (Å²) in [7, 11) is 0. The van der Waals surface area contributed by atoms with Crippen LogP contribution in [0.2, 0.25) is 0 Å². The molecule has 0 saturated heterocycles. The number of phenols is 1. The van der Waals surface area contributed by atoms with E-state index in [0.29, 0.717) is 25.8 Å². The molecule has 0 aliphatic rings. The van der Waals surface area contributed by atoms with Crippen molar-refractivity contribution in [3.63, 3.8) is 0 Å². The van der Waals surface area contributed by atoms with Gasteiger partial charge in [-0.1, -0.05) is 24.6 Å². The maximum Gasteiger partial charge on any atom is 0.233 e. The molecule has 6 nitrogen and oxygen atoms in total. The van der Waals surface area contributed by atoms with E-state index >= 15 is 0 Å². The van der Waals surface area contributed by atoms with Crippen LogP contribution in [0.5, 0.6) is 5.75 Å². The Morgan fingerprint density at radius 3 is 2.52 bits per heavy atom. The largest absolute Gasteiger partial charge is 0.508 e. The Balaban J connectivity index is 2.07. The molecule has 116 valence electrons. The van der Waals surface area contributed by atoms with Crippen molar-refractivity contribution < 1.29 is 14.7 Å². The zero-order valence-corrected chi connectivity index (χ0v) is 12.1. The number of hydrazine groups is 1. The fraction of sp³-hybridized carbons (Fsp3) is 0.467. The Morgan fingerprint density at radius 1 is 1.05 bits per heavy atom. The molecule has 5 N–H and O–H groups in total. The number of para-hydroxylation sites is 1. The number of rotatable bonds is 9. The number of carbonyl (C=O) groups excluding carboxylic acids is 2. The maximum absolute atomic E-state index is 11.6. The molecular weight excluding hydrogens is 270 g/mol. The highest BCUT2D eigenvalue weighted by Gasteiger charge is 2.05. The minimum Gasteiger partial charge on any atom is -0.508 e. The van der Waals surface area contributed by atoms with Crippen LogP contribution in [0.1, 0.15) is 37.7 Å². The minimum atomic E-state index is -0.165. The standard InChI is InChI=1S/C15H23N3O3/c16-18-15(21)8-2-1-5-11-17-14(20)10-9-12-6-3-4-7-13(12)19/h3-4,6-7,19H,1-2,5,8-11,16H2,(H,17,20)(H,18,21). The molecule has 1 aromatic rings. The lowest BCUT2D eigenvalue weighted by molar-refractivity contribution is -0.122. The summed E-state index contributed by atoms with van der Waals surface area (Å²) in [5.74, 6) is 5.00. The summed E-state index contributed by atoms with van der Waals surface area (Å²) in [5, 5.41) is 12.4. The SMILES string of the molecule is NNC(=O)CCCCCNC(=O)CCc1ccccc1O. The second-order valence-electron chi connectivity index (χ2n) is 4.86. The highest BCUT2D eigenvalue weighted by atomic mass is 16.3. The fourth-order valence-corrected chi connectivity index (χ4v) is 1.95. The van der Waals surface area contributed by atoms with Gasteiger partial charge in [0.2, 0.25) is 11.8 Å². The molecule has 1 rings (SSSR count). The molecule has 0 bridgehead atoms. The molecule has 21 heavy (non-hydrogen) atoms. The van der Waals surface area contributed by atoms with Crippen LogP contribution < -0.4 is 16.6 Å². The van der Waals surface area contributed by atoms with Gasteiger partial charge in [-0.05, 0) is 30.9 Å². The number of amides is 2. The van der Waals surface area contributed by atoms with Gasteiger partial charge in [0, 0.05) is 19.4 Å². The van der Waals surface area contributed by atoms with Crippen LogP contribution in [0.3, 0.4) is 0 Å². The number of aryl methyl sites for hydroxylation is 1. The summed E-state index contributed by atoms with van der Waals surface area (Å²) < 4.78 is 0. The van der Waals surface area contributed by atoms with Crippen molar-refractivity contribution >= 4 is 11.8 Å². The van der Waals surface area contributed by atoms with Crippen molar-refractivity contribution in [3.8, 4) is 5.75 Å². The van der Waals surface area contributed by atoms with Crippen LogP contribution in [0.4, 0.5) is 0 Å². The Labute approximate surface area is 124 Å². The first-order valence-corrected chi connectivity index (χ1v) is 7.16. The van der Waals surface area contributed by atoms with E-state index in [1.807, 2.05) is 12.1 Å². The third-order valence-corrected chi connectivity index (χ3v) is 3.18. The first-order chi connectivity index (χ1) is 10.1. The van der Waals surface area contributed by atoms with Crippen molar-refractivity contribution in [1.29, 1.82) is 0 Å². The molecule has 0 aliphatic heterocycles. The monoisotopic (exact) mass is 293 g/mol. The molecule has 0 atom stereocenters. The average molecular weight is 293 g/mol. The lowest BCUT2D eigenvalue weighted by Crippen LogP contribution is -2.29. The molecule has 1 aromatic carbocycles. The van der Waals surface area contributed by atoms with E-state index < -0.39 is 0 Å². The summed E-state index contributed by atoms with van der Waals surface area (Å²) >= 11 is 0. The van der Waals surface area contributed by atoms with Gasteiger partial charge >= 0.3 is 0 Å². The third-order valence-electron chi connectivity index (χ3n) is 3.18. The van der Waals surface area contributed by atoms with Gasteiger partial charge in [0.05, 0.1) is 0 Å². The van der Waals surface area contributed by atoms with E-state index in [4.69, 9.17) is 5.84 Å². The van der Waals surface area contributed by atoms with Gasteiger partial charge in [-0.2, -0.15) is 0 Å². The predicted molar refractivity (Wildman–Crippen MR) is 80.2 cm³/mol. The van der Waals surface area contributed by atoms with Crippen LogP contribution in [-0.4, -0.2) is 23.5 Å². The molecule has 6 heteroatoms. The van der Waals surface area contributed by atoms with Gasteiger partial charge in [-0.25, -0.2) is 5.84 Å². The first kappa shape index (κ1) is 17.0. The molecule has 0 radical (unpaired) electrons. The summed E-state index contributed by atoms with van der Waals surface area (Å²) in [6.07, 6.45) is 3.75. The number of carbonyl (C=O) groups is 2. The van der Waals surface area contributed by atoms with Gasteiger partial charge in [-0.3, -0.25) is 15.0 Å². The second-order valence-corrected chi connectivity index (χ2v) is 4.86. The van der Waals surface area contributed by atoms with E-state index in [0.717, 1.165) is 24.8 Å². The molecule has 2 amide bonds. The quantitative estimate of drug-likeness (QED) is 0.236. The molecule has 0 unspecified atom stereocenters. The van der Waals surface area contributed by atoms with Crippen molar-refractivity contribution in [3.05, 3.63) is 29.8 Å². The number of aromatic hydroxyl groups is 1. The number of benzene rings is 1. The van der Waals surface area contributed by atoms with Crippen molar-refractivity contribution in [2.75, 3.05) is 6.54 Å². The lowest BCUT2D eigenvalue weighted by atomic mass is 10.1. The summed E-state index contributed by atoms with van der Waals surface area (Å²) in [4.78, 5) is 22.5. The predicted octanol–water partition coefficient (Wildman–Crippen LogP) is 0.991. The van der Waals surface area contributed by atoms with E-state index in [9.17, 15) is 14.7 Å². The first-order valence-electron chi connectivity index (χ1n) is 7.16. The van der Waals surface area contributed by atoms with E-state index in [1.54, 1.807) is 12.1 Å². The molecule has 0 fully saturated rings. The van der Waals surface area contributed by atoms with E-state index in [-0.39, 0.29) is 17.6 Å². The van der Waals surface area contributed by atoms with E-state index in [1.165, 1.54) is 0 Å². The highest BCUT2D eigenvalue weighted by molar-refractivity contribution is 5.76. The van der Waals surface area contributed by atoms with Gasteiger partial charge in [0.25, 0.3) is 0 Å². The van der Waals surface area contributed by atoms with Crippen LogP contribution in [-0.2, 0) is 16.0 Å². The van der Waals surface area contributed by atoms with Gasteiger partial charge in [-0.15, -0.1) is 0 Å². The summed E-state index contributed by atoms with van der Waals surface area (Å²) in [6, 6.07) is 7.02.